The molecule has 1 aliphatic rings. The molecule has 10 heteroatoms. The number of nitrogens with one attached hydrogen (secondary N) is 2. The van der Waals surface area contributed by atoms with Crippen LogP contribution in [0.3, 0.4) is 0 Å². The number of amides is 1. The molecule has 2 N–H and O–H groups in total. The van der Waals surface area contributed by atoms with Crippen LogP contribution in [-0.2, 0) is 14.8 Å². The Balaban J connectivity index is 2.30. The number of piperidine rings is 1. The minimum atomic E-state index is -3.87. The second kappa shape index (κ2) is 7.81. The number of nitro benzene ring substituents is 1. The normalized spacial score (nSPS) is 16.2. The zero-order chi connectivity index (χ0) is 20.4. The molecule has 2 rings (SSSR count). The quantitative estimate of drug-likeness (QED) is 0.574. The number of sulfonamides is 1. The lowest BCUT2D eigenvalue weighted by molar-refractivity contribution is -0.384. The van der Waals surface area contributed by atoms with Crippen molar-refractivity contribution in [2.75, 3.05) is 25.0 Å². The lowest BCUT2D eigenvalue weighted by atomic mass is 9.95. The summed E-state index contributed by atoms with van der Waals surface area (Å²) in [6, 6.07) is 3.94. The molecule has 1 aromatic rings. The molecular weight excluding hydrogens is 372 g/mol. The van der Waals surface area contributed by atoms with Gasteiger partial charge in [0.2, 0.25) is 15.9 Å². The molecule has 9 nitrogen and oxygen atoms in total. The van der Waals surface area contributed by atoms with Gasteiger partial charge < -0.3 is 10.2 Å². The van der Waals surface area contributed by atoms with Crippen molar-refractivity contribution in [1.29, 1.82) is 0 Å². The highest BCUT2D eigenvalue weighted by molar-refractivity contribution is 7.89. The summed E-state index contributed by atoms with van der Waals surface area (Å²) in [6.45, 7) is 6.08. The van der Waals surface area contributed by atoms with Crippen LogP contribution in [0.5, 0.6) is 0 Å². The number of nitro groups is 1. The number of hydrogen-bond donors (Lipinski definition) is 2. The van der Waals surface area contributed by atoms with Gasteiger partial charge in [0.25, 0.3) is 5.69 Å². The maximum absolute atomic E-state index is 12.5. The molecule has 27 heavy (non-hydrogen) atoms. The standard InChI is InChI=1S/C17H26N4O5S/c1-17(2,3)19-27(25,26)13-5-6-14(15(11-13)21(23)24)20-9-7-12(8-10-20)16(22)18-4/h5-6,11-12,19H,7-10H2,1-4H3,(H,18,22). The maximum Gasteiger partial charge on any atom is 0.293 e. The molecular formula is C17H26N4O5S. The van der Waals surface area contributed by atoms with Gasteiger partial charge in [-0.2, -0.15) is 0 Å². The highest BCUT2D eigenvalue weighted by Gasteiger charge is 2.30. The number of anilines is 1. The Bertz CT molecular complexity index is 824. The average molecular weight is 398 g/mol. The average Bonchev–Trinajstić information content (AvgIpc) is 2.58. The van der Waals surface area contributed by atoms with Crippen LogP contribution in [-0.4, -0.2) is 44.9 Å². The van der Waals surface area contributed by atoms with Gasteiger partial charge in [-0.3, -0.25) is 14.9 Å². The van der Waals surface area contributed by atoms with E-state index < -0.39 is 20.5 Å². The van der Waals surface area contributed by atoms with Gasteiger partial charge in [-0.25, -0.2) is 13.1 Å². The molecule has 1 fully saturated rings. The Kier molecular flexibility index (Phi) is 6.10. The highest BCUT2D eigenvalue weighted by Crippen LogP contribution is 2.33. The van der Waals surface area contributed by atoms with E-state index in [2.05, 4.69) is 10.0 Å². The lowest BCUT2D eigenvalue weighted by Gasteiger charge is -2.32. The molecule has 0 saturated carbocycles. The van der Waals surface area contributed by atoms with Crippen LogP contribution in [0, 0.1) is 16.0 Å². The summed E-state index contributed by atoms with van der Waals surface area (Å²) in [5.74, 6) is -0.139. The van der Waals surface area contributed by atoms with Crippen LogP contribution in [0.4, 0.5) is 11.4 Å². The molecule has 0 atom stereocenters. The Morgan fingerprint density at radius 1 is 1.26 bits per heavy atom. The van der Waals surface area contributed by atoms with E-state index in [1.807, 2.05) is 4.90 Å². The van der Waals surface area contributed by atoms with Crippen molar-refractivity contribution in [2.24, 2.45) is 5.92 Å². The number of rotatable bonds is 5. The Morgan fingerprint density at radius 3 is 2.33 bits per heavy atom. The summed E-state index contributed by atoms with van der Waals surface area (Å²) >= 11 is 0. The van der Waals surface area contributed by atoms with E-state index in [1.165, 1.54) is 12.1 Å². The fourth-order valence-corrected chi connectivity index (χ4v) is 4.57. The summed E-state index contributed by atoms with van der Waals surface area (Å²) in [5.41, 5.74) is -0.594. The predicted molar refractivity (Wildman–Crippen MR) is 102 cm³/mol. The molecule has 1 aliphatic heterocycles. The lowest BCUT2D eigenvalue weighted by Crippen LogP contribution is -2.41. The number of carbonyl (C=O) groups is 1. The van der Waals surface area contributed by atoms with Crippen molar-refractivity contribution in [3.8, 4) is 0 Å². The molecule has 0 radical (unpaired) electrons. The molecule has 150 valence electrons. The van der Waals surface area contributed by atoms with Crippen molar-refractivity contribution in [3.05, 3.63) is 28.3 Å². The third-order valence-corrected chi connectivity index (χ3v) is 6.10. The van der Waals surface area contributed by atoms with Gasteiger partial charge >= 0.3 is 0 Å². The molecule has 1 amide bonds. The molecule has 1 saturated heterocycles. The van der Waals surface area contributed by atoms with Gasteiger partial charge in [0.15, 0.2) is 0 Å². The van der Waals surface area contributed by atoms with E-state index in [9.17, 15) is 23.3 Å². The van der Waals surface area contributed by atoms with Crippen molar-refractivity contribution in [3.63, 3.8) is 0 Å². The first-order chi connectivity index (χ1) is 12.4. The molecule has 0 spiro atoms. The van der Waals surface area contributed by atoms with Gasteiger partial charge in [-0.1, -0.05) is 0 Å². The first kappa shape index (κ1) is 21.1. The summed E-state index contributed by atoms with van der Waals surface area (Å²) in [6.07, 6.45) is 1.17. The molecule has 1 aromatic carbocycles. The molecule has 0 aliphatic carbocycles. The topological polar surface area (TPSA) is 122 Å². The van der Waals surface area contributed by atoms with Crippen molar-refractivity contribution >= 4 is 27.3 Å². The van der Waals surface area contributed by atoms with E-state index in [-0.39, 0.29) is 22.4 Å². The second-order valence-corrected chi connectivity index (χ2v) is 9.32. The van der Waals surface area contributed by atoms with Gasteiger partial charge in [0.05, 0.1) is 9.82 Å². The number of nitrogens with zero attached hydrogens (tertiary/aromatic N) is 2. The zero-order valence-electron chi connectivity index (χ0n) is 16.0. The minimum Gasteiger partial charge on any atom is -0.366 e. The van der Waals surface area contributed by atoms with Crippen LogP contribution in [0.2, 0.25) is 0 Å². The highest BCUT2D eigenvalue weighted by atomic mass is 32.2. The van der Waals surface area contributed by atoms with Crippen molar-refractivity contribution < 1.29 is 18.1 Å². The third-order valence-electron chi connectivity index (χ3n) is 4.35. The fraction of sp³-hybridized carbons (Fsp3) is 0.588. The molecule has 0 unspecified atom stereocenters. The van der Waals surface area contributed by atoms with E-state index in [0.29, 0.717) is 31.6 Å². The van der Waals surface area contributed by atoms with E-state index in [0.717, 1.165) is 6.07 Å². The largest absolute Gasteiger partial charge is 0.366 e. The Labute approximate surface area is 159 Å². The van der Waals surface area contributed by atoms with Crippen molar-refractivity contribution in [1.82, 2.24) is 10.0 Å². The Morgan fingerprint density at radius 2 is 1.85 bits per heavy atom. The summed E-state index contributed by atoms with van der Waals surface area (Å²) < 4.78 is 27.4. The first-order valence-corrected chi connectivity index (χ1v) is 10.2. The minimum absolute atomic E-state index is 0.0288. The number of carbonyl (C=O) groups excluding carboxylic acids is 1. The third kappa shape index (κ3) is 5.16. The summed E-state index contributed by atoms with van der Waals surface area (Å²) in [7, 11) is -2.28. The van der Waals surface area contributed by atoms with Crippen molar-refractivity contribution in [2.45, 2.75) is 44.0 Å². The van der Waals surface area contributed by atoms with Gasteiger partial charge in [0.1, 0.15) is 5.69 Å². The molecule has 0 bridgehead atoms. The van der Waals surface area contributed by atoms with Crippen LogP contribution in [0.25, 0.3) is 0 Å². The van der Waals surface area contributed by atoms with Crippen LogP contribution in [0.15, 0.2) is 23.1 Å². The van der Waals surface area contributed by atoms with Crippen LogP contribution < -0.4 is 14.9 Å². The first-order valence-electron chi connectivity index (χ1n) is 8.73. The zero-order valence-corrected chi connectivity index (χ0v) is 16.8. The van der Waals surface area contributed by atoms with Gasteiger partial charge in [-0.15, -0.1) is 0 Å². The maximum atomic E-state index is 12.5. The predicted octanol–water partition coefficient (Wildman–Crippen LogP) is 1.63. The summed E-state index contributed by atoms with van der Waals surface area (Å²) in [4.78, 5) is 24.4. The number of benzene rings is 1. The van der Waals surface area contributed by atoms with E-state index in [1.54, 1.807) is 27.8 Å². The van der Waals surface area contributed by atoms with Gasteiger partial charge in [-0.05, 0) is 45.7 Å². The van der Waals surface area contributed by atoms with Gasteiger partial charge in [0, 0.05) is 37.7 Å². The monoisotopic (exact) mass is 398 g/mol. The SMILES string of the molecule is CNC(=O)C1CCN(c2ccc(S(=O)(=O)NC(C)(C)C)cc2[N+](=O)[O-])CC1. The Hall–Kier alpha value is -2.20. The molecule has 0 aromatic heterocycles. The second-order valence-electron chi connectivity index (χ2n) is 7.64. The van der Waals surface area contributed by atoms with Crippen LogP contribution >= 0.6 is 0 Å². The fourth-order valence-electron chi connectivity index (χ4n) is 3.13. The van der Waals surface area contributed by atoms with E-state index >= 15 is 0 Å². The summed E-state index contributed by atoms with van der Waals surface area (Å²) in [5, 5.41) is 14.2. The van der Waals surface area contributed by atoms with E-state index in [4.69, 9.17) is 0 Å². The number of hydrogen-bond acceptors (Lipinski definition) is 6. The smallest absolute Gasteiger partial charge is 0.293 e. The van der Waals surface area contributed by atoms with Crippen LogP contribution in [0.1, 0.15) is 33.6 Å². The molecule has 1 heterocycles.